The number of carbonyl (C=O) groups is 1. The van der Waals surface area contributed by atoms with Crippen LogP contribution in [0.25, 0.3) is 0 Å². The summed E-state index contributed by atoms with van der Waals surface area (Å²) in [7, 11) is 0. The number of hydrogen-bond acceptors (Lipinski definition) is 4. The lowest BCUT2D eigenvalue weighted by Crippen LogP contribution is -2.41. The number of rotatable bonds is 4. The van der Waals surface area contributed by atoms with Gasteiger partial charge in [0.1, 0.15) is 0 Å². The summed E-state index contributed by atoms with van der Waals surface area (Å²) in [5.74, 6) is 0.0806. The first kappa shape index (κ1) is 12.3. The molecule has 1 aliphatic heterocycles. The lowest BCUT2D eigenvalue weighted by molar-refractivity contribution is -0.130. The van der Waals surface area contributed by atoms with Crippen molar-refractivity contribution in [3.05, 3.63) is 20.7 Å². The lowest BCUT2D eigenvalue weighted by atomic mass is 9.83. The van der Waals surface area contributed by atoms with E-state index in [1.165, 1.54) is 0 Å². The molecule has 1 unspecified atom stereocenters. The van der Waals surface area contributed by atoms with E-state index in [1.54, 1.807) is 5.38 Å². The van der Waals surface area contributed by atoms with Gasteiger partial charge in [-0.05, 0) is 19.4 Å². The first-order valence-electron chi connectivity index (χ1n) is 5.82. The molecule has 1 aliphatic rings. The smallest absolute Gasteiger partial charge is 0.304 e. The molecule has 0 aromatic carbocycles. The van der Waals surface area contributed by atoms with Gasteiger partial charge in [-0.25, -0.2) is 0 Å². The van der Waals surface area contributed by atoms with Crippen molar-refractivity contribution in [3.8, 4) is 0 Å². The van der Waals surface area contributed by atoms with Gasteiger partial charge in [0.2, 0.25) is 5.91 Å². The lowest BCUT2D eigenvalue weighted by Gasteiger charge is -2.24. The second-order valence-corrected chi connectivity index (χ2v) is 5.26. The molecule has 1 aromatic heterocycles. The number of amides is 1. The molecule has 6 heteroatoms. The molecule has 1 atom stereocenters. The first-order valence-corrected chi connectivity index (χ1v) is 6.70. The molecule has 17 heavy (non-hydrogen) atoms. The van der Waals surface area contributed by atoms with Crippen molar-refractivity contribution in [1.29, 1.82) is 0 Å². The van der Waals surface area contributed by atoms with Crippen LogP contribution < -0.4 is 15.5 Å². The molecule has 0 saturated carbocycles. The quantitative estimate of drug-likeness (QED) is 0.731. The van der Waals surface area contributed by atoms with Gasteiger partial charge in [0.25, 0.3) is 0 Å². The maximum absolute atomic E-state index is 12.1. The van der Waals surface area contributed by atoms with Crippen molar-refractivity contribution < 1.29 is 4.79 Å². The van der Waals surface area contributed by atoms with Crippen LogP contribution in [-0.2, 0) is 11.3 Å². The summed E-state index contributed by atoms with van der Waals surface area (Å²) in [5.41, 5.74) is 0.501. The third kappa shape index (κ3) is 2.58. The zero-order valence-electron chi connectivity index (χ0n) is 9.84. The molecular formula is C11H17N3O2S. The molecule has 5 nitrogen and oxygen atoms in total. The van der Waals surface area contributed by atoms with Gasteiger partial charge in [-0.1, -0.05) is 18.3 Å². The van der Waals surface area contributed by atoms with E-state index in [-0.39, 0.29) is 16.2 Å². The van der Waals surface area contributed by atoms with Crippen LogP contribution in [0.3, 0.4) is 0 Å². The molecule has 0 spiro atoms. The number of thiazole rings is 1. The summed E-state index contributed by atoms with van der Waals surface area (Å²) >= 11 is 1.12. The highest BCUT2D eigenvalue weighted by Crippen LogP contribution is 2.29. The Balaban J connectivity index is 1.94. The highest BCUT2D eigenvalue weighted by molar-refractivity contribution is 7.07. The van der Waals surface area contributed by atoms with Crippen LogP contribution in [-0.4, -0.2) is 24.0 Å². The van der Waals surface area contributed by atoms with E-state index in [1.807, 2.05) is 6.92 Å². The van der Waals surface area contributed by atoms with E-state index in [9.17, 15) is 9.59 Å². The molecule has 1 amide bonds. The second kappa shape index (κ2) is 5.01. The van der Waals surface area contributed by atoms with Gasteiger partial charge in [-0.15, -0.1) is 0 Å². The van der Waals surface area contributed by atoms with Crippen molar-refractivity contribution in [2.45, 2.75) is 26.3 Å². The highest BCUT2D eigenvalue weighted by Gasteiger charge is 2.39. The number of carbonyl (C=O) groups excluding carboxylic acids is 1. The molecule has 0 aliphatic carbocycles. The van der Waals surface area contributed by atoms with E-state index in [0.29, 0.717) is 6.54 Å². The minimum absolute atomic E-state index is 0.0806. The fourth-order valence-electron chi connectivity index (χ4n) is 2.16. The summed E-state index contributed by atoms with van der Waals surface area (Å²) in [6.07, 6.45) is 1.72. The van der Waals surface area contributed by atoms with E-state index < -0.39 is 0 Å². The Labute approximate surface area is 104 Å². The van der Waals surface area contributed by atoms with Gasteiger partial charge < -0.3 is 15.6 Å². The van der Waals surface area contributed by atoms with Crippen LogP contribution in [0.2, 0.25) is 0 Å². The summed E-state index contributed by atoms with van der Waals surface area (Å²) in [6, 6.07) is 0. The predicted molar refractivity (Wildman–Crippen MR) is 67.0 cm³/mol. The molecule has 0 bridgehead atoms. The normalized spacial score (nSPS) is 23.8. The van der Waals surface area contributed by atoms with E-state index >= 15 is 0 Å². The summed E-state index contributed by atoms with van der Waals surface area (Å²) in [6.45, 7) is 4.09. The monoisotopic (exact) mass is 255 g/mol. The van der Waals surface area contributed by atoms with Crippen molar-refractivity contribution >= 4 is 17.2 Å². The maximum Gasteiger partial charge on any atom is 0.304 e. The van der Waals surface area contributed by atoms with Crippen molar-refractivity contribution in [3.63, 3.8) is 0 Å². The Morgan fingerprint density at radius 1 is 1.65 bits per heavy atom. The van der Waals surface area contributed by atoms with Gasteiger partial charge in [-0.2, -0.15) is 0 Å². The Hall–Kier alpha value is -1.14. The van der Waals surface area contributed by atoms with Gasteiger partial charge in [0, 0.05) is 17.6 Å². The number of hydrogen-bond donors (Lipinski definition) is 3. The van der Waals surface area contributed by atoms with Crippen LogP contribution in [0, 0.1) is 5.41 Å². The van der Waals surface area contributed by atoms with Crippen LogP contribution >= 0.6 is 11.3 Å². The summed E-state index contributed by atoms with van der Waals surface area (Å²) < 4.78 is 0. The molecular weight excluding hydrogens is 238 g/mol. The third-order valence-electron chi connectivity index (χ3n) is 3.41. The molecule has 1 fully saturated rings. The fraction of sp³-hybridized carbons (Fsp3) is 0.636. The predicted octanol–water partition coefficient (Wildman–Crippen LogP) is 0.442. The average Bonchev–Trinajstić information content (AvgIpc) is 2.95. The molecule has 2 heterocycles. The third-order valence-corrected chi connectivity index (χ3v) is 4.13. The van der Waals surface area contributed by atoms with Crippen molar-refractivity contribution in [2.75, 3.05) is 13.1 Å². The van der Waals surface area contributed by atoms with Crippen LogP contribution in [0.1, 0.15) is 25.5 Å². The Bertz CT molecular complexity index is 446. The molecule has 94 valence electrons. The first-order chi connectivity index (χ1) is 8.16. The maximum atomic E-state index is 12.1. The van der Waals surface area contributed by atoms with E-state index in [4.69, 9.17) is 0 Å². The van der Waals surface area contributed by atoms with Gasteiger partial charge in [-0.3, -0.25) is 9.59 Å². The Kier molecular flexibility index (Phi) is 3.63. The molecule has 0 radical (unpaired) electrons. The average molecular weight is 255 g/mol. The van der Waals surface area contributed by atoms with Crippen molar-refractivity contribution in [1.82, 2.24) is 15.6 Å². The number of aromatic amines is 1. The number of aromatic nitrogens is 1. The van der Waals surface area contributed by atoms with Gasteiger partial charge in [0.15, 0.2) is 0 Å². The molecule has 1 aromatic rings. The van der Waals surface area contributed by atoms with Crippen molar-refractivity contribution in [2.24, 2.45) is 5.41 Å². The summed E-state index contributed by atoms with van der Waals surface area (Å²) in [4.78, 5) is 25.7. The van der Waals surface area contributed by atoms with Crippen LogP contribution in [0.5, 0.6) is 0 Å². The second-order valence-electron chi connectivity index (χ2n) is 4.42. The minimum atomic E-state index is -0.268. The molecule has 3 N–H and O–H groups in total. The SMILES string of the molecule is CCC1(C(=O)NCc2csc(=O)[nH]2)CCNC1. The highest BCUT2D eigenvalue weighted by atomic mass is 32.1. The zero-order valence-corrected chi connectivity index (χ0v) is 10.7. The van der Waals surface area contributed by atoms with Crippen LogP contribution in [0.4, 0.5) is 0 Å². The number of H-pyrrole nitrogens is 1. The fourth-order valence-corrected chi connectivity index (χ4v) is 2.74. The Morgan fingerprint density at radius 2 is 2.47 bits per heavy atom. The molecule has 2 rings (SSSR count). The molecule has 1 saturated heterocycles. The number of nitrogens with one attached hydrogen (secondary N) is 3. The minimum Gasteiger partial charge on any atom is -0.350 e. The summed E-state index contributed by atoms with van der Waals surface area (Å²) in [5, 5.41) is 7.88. The van der Waals surface area contributed by atoms with Crippen LogP contribution in [0.15, 0.2) is 10.2 Å². The van der Waals surface area contributed by atoms with E-state index in [0.717, 1.165) is 43.0 Å². The zero-order chi connectivity index (χ0) is 12.3. The topological polar surface area (TPSA) is 74.0 Å². The van der Waals surface area contributed by atoms with Gasteiger partial charge in [0.05, 0.1) is 12.0 Å². The largest absolute Gasteiger partial charge is 0.350 e. The standard InChI is InChI=1S/C11H17N3O2S/c1-2-11(3-4-12-7-11)9(15)13-5-8-6-17-10(16)14-8/h6,12H,2-5,7H2,1H3,(H,13,15)(H,14,16). The van der Waals surface area contributed by atoms with E-state index in [2.05, 4.69) is 15.6 Å². The Morgan fingerprint density at radius 3 is 3.00 bits per heavy atom. The van der Waals surface area contributed by atoms with Gasteiger partial charge >= 0.3 is 4.87 Å².